The first-order valence-electron chi connectivity index (χ1n) is 8.66. The summed E-state index contributed by atoms with van der Waals surface area (Å²) in [4.78, 5) is 14.2. The van der Waals surface area contributed by atoms with Gasteiger partial charge in [-0.3, -0.25) is 9.69 Å². The number of phenolic OH excluding ortho intramolecular Hbond substituents is 1. The maximum Gasteiger partial charge on any atom is 0.271 e. The Morgan fingerprint density at radius 3 is 2.56 bits per heavy atom. The normalized spacial score (nSPS) is 10.7. The lowest BCUT2D eigenvalue weighted by Crippen LogP contribution is -2.22. The van der Waals surface area contributed by atoms with Crippen molar-refractivity contribution in [2.45, 2.75) is 13.8 Å². The van der Waals surface area contributed by atoms with Gasteiger partial charge >= 0.3 is 0 Å². The molecule has 0 spiro atoms. The molecule has 0 aromatic heterocycles. The smallest absolute Gasteiger partial charge is 0.271 e. The third-order valence-corrected chi connectivity index (χ3v) is 4.23. The van der Waals surface area contributed by atoms with Crippen molar-refractivity contribution in [3.8, 4) is 17.6 Å². The standard InChI is InChI=1S/C21H22ClN3O2/c1-3-25(4-2)13-5-6-16-7-9-17(10-8-16)15-23-24-21(27)18-11-12-20(26)19(22)14-18/h7-12,14-15,26H,3-4,13H2,1-2H3,(H,24,27)/b23-15+. The maximum atomic E-state index is 12.0. The first-order chi connectivity index (χ1) is 13.0. The molecular formula is C21H22ClN3O2. The number of aromatic hydroxyl groups is 1. The summed E-state index contributed by atoms with van der Waals surface area (Å²) in [6.45, 7) is 6.97. The summed E-state index contributed by atoms with van der Waals surface area (Å²) in [6, 6.07) is 11.8. The Balaban J connectivity index is 1.91. The van der Waals surface area contributed by atoms with E-state index in [1.165, 1.54) is 18.2 Å². The molecule has 6 heteroatoms. The highest BCUT2D eigenvalue weighted by Crippen LogP contribution is 2.23. The van der Waals surface area contributed by atoms with Gasteiger partial charge in [0.05, 0.1) is 17.8 Å². The molecule has 0 radical (unpaired) electrons. The van der Waals surface area contributed by atoms with Crippen molar-refractivity contribution >= 4 is 23.7 Å². The molecule has 0 unspecified atom stereocenters. The van der Waals surface area contributed by atoms with E-state index in [1.54, 1.807) is 6.21 Å². The number of hydrogen-bond donors (Lipinski definition) is 2. The van der Waals surface area contributed by atoms with Gasteiger partial charge in [0, 0.05) is 11.1 Å². The second kappa shape index (κ2) is 10.4. The van der Waals surface area contributed by atoms with Crippen molar-refractivity contribution in [3.63, 3.8) is 0 Å². The third kappa shape index (κ3) is 6.45. The Kier molecular flexibility index (Phi) is 7.87. The van der Waals surface area contributed by atoms with Crippen LogP contribution in [-0.4, -0.2) is 41.8 Å². The minimum absolute atomic E-state index is 0.0722. The zero-order chi connectivity index (χ0) is 19.6. The summed E-state index contributed by atoms with van der Waals surface area (Å²) in [6.07, 6.45) is 1.55. The molecule has 0 heterocycles. The first-order valence-corrected chi connectivity index (χ1v) is 9.04. The van der Waals surface area contributed by atoms with Crippen LogP contribution in [0.3, 0.4) is 0 Å². The predicted octanol–water partition coefficient (Wildman–Crippen LogP) is 3.50. The quantitative estimate of drug-likeness (QED) is 0.456. The fraction of sp³-hybridized carbons (Fsp3) is 0.238. The van der Waals surface area contributed by atoms with Crippen LogP contribution in [0.15, 0.2) is 47.6 Å². The van der Waals surface area contributed by atoms with Crippen LogP contribution in [0.25, 0.3) is 0 Å². The van der Waals surface area contributed by atoms with Gasteiger partial charge in [0.15, 0.2) is 0 Å². The molecule has 2 aromatic rings. The lowest BCUT2D eigenvalue weighted by atomic mass is 10.1. The minimum atomic E-state index is -0.410. The molecule has 0 aliphatic rings. The Morgan fingerprint density at radius 2 is 1.93 bits per heavy atom. The van der Waals surface area contributed by atoms with Crippen molar-refractivity contribution in [3.05, 3.63) is 64.2 Å². The van der Waals surface area contributed by atoms with Gasteiger partial charge in [-0.25, -0.2) is 5.43 Å². The number of nitrogens with zero attached hydrogens (tertiary/aromatic N) is 2. The van der Waals surface area contributed by atoms with Gasteiger partial charge in [-0.2, -0.15) is 5.10 Å². The molecule has 1 amide bonds. The highest BCUT2D eigenvalue weighted by molar-refractivity contribution is 6.32. The minimum Gasteiger partial charge on any atom is -0.506 e. The number of amides is 1. The van der Waals surface area contributed by atoms with Gasteiger partial charge in [-0.15, -0.1) is 0 Å². The molecule has 140 valence electrons. The molecule has 0 saturated carbocycles. The van der Waals surface area contributed by atoms with Gasteiger partial charge < -0.3 is 5.11 Å². The highest BCUT2D eigenvalue weighted by atomic mass is 35.5. The second-order valence-electron chi connectivity index (χ2n) is 5.75. The van der Waals surface area contributed by atoms with Gasteiger partial charge in [-0.05, 0) is 49.0 Å². The van der Waals surface area contributed by atoms with Crippen molar-refractivity contribution in [2.75, 3.05) is 19.6 Å². The number of halogens is 1. The summed E-state index contributed by atoms with van der Waals surface area (Å²) in [5.41, 5.74) is 4.51. The third-order valence-electron chi connectivity index (χ3n) is 3.93. The number of carbonyl (C=O) groups excluding carboxylic acids is 1. The Bertz CT molecular complexity index is 863. The van der Waals surface area contributed by atoms with E-state index in [2.05, 4.69) is 41.1 Å². The number of phenols is 1. The topological polar surface area (TPSA) is 64.9 Å². The molecule has 2 aromatic carbocycles. The monoisotopic (exact) mass is 383 g/mol. The van der Waals surface area contributed by atoms with Crippen LogP contribution in [-0.2, 0) is 0 Å². The van der Waals surface area contributed by atoms with Crippen molar-refractivity contribution in [1.82, 2.24) is 10.3 Å². The van der Waals surface area contributed by atoms with Crippen LogP contribution in [0.1, 0.15) is 35.3 Å². The van der Waals surface area contributed by atoms with E-state index in [9.17, 15) is 9.90 Å². The van der Waals surface area contributed by atoms with E-state index in [4.69, 9.17) is 11.6 Å². The predicted molar refractivity (Wildman–Crippen MR) is 109 cm³/mol. The van der Waals surface area contributed by atoms with Crippen LogP contribution in [0.4, 0.5) is 0 Å². The number of hydrazone groups is 1. The second-order valence-corrected chi connectivity index (χ2v) is 6.16. The summed E-state index contributed by atoms with van der Waals surface area (Å²) in [5.74, 6) is 5.82. The molecule has 0 saturated heterocycles. The molecule has 2 N–H and O–H groups in total. The molecule has 0 aliphatic heterocycles. The fourth-order valence-electron chi connectivity index (χ4n) is 2.23. The molecule has 0 bridgehead atoms. The summed E-state index contributed by atoms with van der Waals surface area (Å²) >= 11 is 5.79. The SMILES string of the molecule is CCN(CC)CC#Cc1ccc(/C=N/NC(=O)c2ccc(O)c(Cl)c2)cc1. The van der Waals surface area contributed by atoms with Crippen LogP contribution in [0.2, 0.25) is 5.02 Å². The molecule has 0 atom stereocenters. The van der Waals surface area contributed by atoms with Gasteiger partial charge in [0.1, 0.15) is 5.75 Å². The van der Waals surface area contributed by atoms with E-state index >= 15 is 0 Å². The number of rotatable bonds is 6. The maximum absolute atomic E-state index is 12.0. The van der Waals surface area contributed by atoms with Gasteiger partial charge in [-0.1, -0.05) is 49.4 Å². The molecule has 27 heavy (non-hydrogen) atoms. The Labute approximate surface area is 164 Å². The van der Waals surface area contributed by atoms with E-state index in [-0.39, 0.29) is 10.8 Å². The summed E-state index contributed by atoms with van der Waals surface area (Å²) in [5, 5.41) is 13.4. The van der Waals surface area contributed by atoms with Crippen molar-refractivity contribution < 1.29 is 9.90 Å². The average Bonchev–Trinajstić information content (AvgIpc) is 2.68. The van der Waals surface area contributed by atoms with Crippen LogP contribution in [0, 0.1) is 11.8 Å². The van der Waals surface area contributed by atoms with Gasteiger partial charge in [0.2, 0.25) is 0 Å². The molecular weight excluding hydrogens is 362 g/mol. The number of nitrogens with one attached hydrogen (secondary N) is 1. The van der Waals surface area contributed by atoms with Crippen molar-refractivity contribution in [1.29, 1.82) is 0 Å². The van der Waals surface area contributed by atoms with E-state index in [0.29, 0.717) is 5.56 Å². The largest absolute Gasteiger partial charge is 0.506 e. The molecule has 2 rings (SSSR count). The van der Waals surface area contributed by atoms with E-state index in [0.717, 1.165) is 30.8 Å². The number of carbonyl (C=O) groups is 1. The number of benzene rings is 2. The summed E-state index contributed by atoms with van der Waals surface area (Å²) in [7, 11) is 0. The van der Waals surface area contributed by atoms with Crippen LogP contribution >= 0.6 is 11.6 Å². The molecule has 5 nitrogen and oxygen atoms in total. The van der Waals surface area contributed by atoms with Crippen LogP contribution < -0.4 is 5.43 Å². The van der Waals surface area contributed by atoms with E-state index in [1.807, 2.05) is 24.3 Å². The summed E-state index contributed by atoms with van der Waals surface area (Å²) < 4.78 is 0. The lowest BCUT2D eigenvalue weighted by Gasteiger charge is -2.13. The molecule has 0 fully saturated rings. The zero-order valence-corrected chi connectivity index (χ0v) is 16.1. The van der Waals surface area contributed by atoms with E-state index < -0.39 is 5.91 Å². The van der Waals surface area contributed by atoms with Crippen molar-refractivity contribution in [2.24, 2.45) is 5.10 Å². The highest BCUT2D eigenvalue weighted by Gasteiger charge is 2.07. The molecule has 0 aliphatic carbocycles. The van der Waals surface area contributed by atoms with Gasteiger partial charge in [0.25, 0.3) is 5.91 Å². The number of hydrogen-bond acceptors (Lipinski definition) is 4. The Hall–Kier alpha value is -2.81. The average molecular weight is 384 g/mol. The van der Waals surface area contributed by atoms with Crippen LogP contribution in [0.5, 0.6) is 5.75 Å². The Morgan fingerprint density at radius 1 is 1.22 bits per heavy atom. The zero-order valence-electron chi connectivity index (χ0n) is 15.4. The lowest BCUT2D eigenvalue weighted by molar-refractivity contribution is 0.0955. The fourth-order valence-corrected chi connectivity index (χ4v) is 2.41. The first kappa shape index (κ1) is 20.5.